The number of ether oxygens (including phenoxy) is 1. The fraction of sp³-hybridized carbons (Fsp3) is 0.217. The predicted molar refractivity (Wildman–Crippen MR) is 104 cm³/mol. The Morgan fingerprint density at radius 2 is 1.19 bits per heavy atom. The lowest BCUT2D eigenvalue weighted by atomic mass is 9.98. The highest BCUT2D eigenvalue weighted by atomic mass is 35.5. The molecule has 0 heterocycles. The van der Waals surface area contributed by atoms with E-state index < -0.39 is 0 Å². The lowest BCUT2D eigenvalue weighted by Crippen LogP contribution is -3.06. The zero-order chi connectivity index (χ0) is 17.5. The molecule has 3 rings (SSSR count). The topological polar surface area (TPSA) is 13.7 Å². The fourth-order valence-corrected chi connectivity index (χ4v) is 2.87. The second-order valence-corrected chi connectivity index (χ2v) is 6.61. The van der Waals surface area contributed by atoms with Crippen LogP contribution in [-0.4, -0.2) is 27.2 Å². The van der Waals surface area contributed by atoms with Crippen LogP contribution >= 0.6 is 0 Å². The SMILES string of the molecule is C[NH+](C)CCOC(c1ccccc1)c1ccc(-c2ccccc2)cc1.[Cl-]. The lowest BCUT2D eigenvalue weighted by Gasteiger charge is -2.20. The molecule has 1 unspecified atom stereocenters. The summed E-state index contributed by atoms with van der Waals surface area (Å²) in [6.07, 6.45) is -0.0228. The summed E-state index contributed by atoms with van der Waals surface area (Å²) >= 11 is 0. The number of benzene rings is 3. The first kappa shape index (κ1) is 20.2. The zero-order valence-corrected chi connectivity index (χ0v) is 16.1. The van der Waals surface area contributed by atoms with Gasteiger partial charge in [-0.25, -0.2) is 0 Å². The van der Waals surface area contributed by atoms with Crippen molar-refractivity contribution in [3.63, 3.8) is 0 Å². The van der Waals surface area contributed by atoms with E-state index in [9.17, 15) is 0 Å². The monoisotopic (exact) mass is 367 g/mol. The molecular formula is C23H26ClNO. The highest BCUT2D eigenvalue weighted by Crippen LogP contribution is 2.28. The maximum Gasteiger partial charge on any atom is 0.108 e. The van der Waals surface area contributed by atoms with Gasteiger partial charge < -0.3 is 22.0 Å². The highest BCUT2D eigenvalue weighted by molar-refractivity contribution is 5.63. The molecule has 0 saturated heterocycles. The van der Waals surface area contributed by atoms with Crippen molar-refractivity contribution in [1.82, 2.24) is 0 Å². The smallest absolute Gasteiger partial charge is 0.108 e. The lowest BCUT2D eigenvalue weighted by molar-refractivity contribution is -0.858. The summed E-state index contributed by atoms with van der Waals surface area (Å²) in [5.41, 5.74) is 4.86. The molecule has 0 fully saturated rings. The third-order valence-corrected chi connectivity index (χ3v) is 4.31. The first-order chi connectivity index (χ1) is 12.2. The van der Waals surface area contributed by atoms with E-state index in [-0.39, 0.29) is 18.5 Å². The number of halogens is 1. The summed E-state index contributed by atoms with van der Waals surface area (Å²) < 4.78 is 6.25. The summed E-state index contributed by atoms with van der Waals surface area (Å²) in [5.74, 6) is 0. The molecule has 0 bridgehead atoms. The van der Waals surface area contributed by atoms with Gasteiger partial charge >= 0.3 is 0 Å². The first-order valence-electron chi connectivity index (χ1n) is 8.85. The van der Waals surface area contributed by atoms with Gasteiger partial charge in [-0.15, -0.1) is 0 Å². The van der Waals surface area contributed by atoms with Crippen molar-refractivity contribution in [2.75, 3.05) is 27.2 Å². The van der Waals surface area contributed by atoms with Crippen LogP contribution in [-0.2, 0) is 4.74 Å². The van der Waals surface area contributed by atoms with Crippen molar-refractivity contribution >= 4 is 0 Å². The van der Waals surface area contributed by atoms with Gasteiger partial charge in [0.15, 0.2) is 0 Å². The van der Waals surface area contributed by atoms with E-state index in [4.69, 9.17) is 4.74 Å². The Morgan fingerprint density at radius 3 is 1.77 bits per heavy atom. The molecule has 136 valence electrons. The van der Waals surface area contributed by atoms with Crippen LogP contribution in [0.1, 0.15) is 17.2 Å². The molecule has 1 atom stereocenters. The van der Waals surface area contributed by atoms with E-state index in [0.29, 0.717) is 0 Å². The second kappa shape index (κ2) is 10.1. The number of nitrogens with one attached hydrogen (secondary N) is 1. The first-order valence-corrected chi connectivity index (χ1v) is 8.85. The molecule has 0 amide bonds. The molecule has 0 aliphatic heterocycles. The van der Waals surface area contributed by atoms with Crippen molar-refractivity contribution < 1.29 is 22.0 Å². The minimum absolute atomic E-state index is 0. The van der Waals surface area contributed by atoms with E-state index in [1.54, 1.807) is 0 Å². The van der Waals surface area contributed by atoms with Crippen molar-refractivity contribution in [3.8, 4) is 11.1 Å². The Labute approximate surface area is 162 Å². The number of likely N-dealkylation sites (N-methyl/N-ethyl adjacent to an activating group) is 1. The molecule has 0 aliphatic rings. The van der Waals surface area contributed by atoms with Crippen LogP contribution in [0.15, 0.2) is 84.9 Å². The molecule has 26 heavy (non-hydrogen) atoms. The van der Waals surface area contributed by atoms with E-state index in [0.717, 1.165) is 13.2 Å². The average molecular weight is 368 g/mol. The quantitative estimate of drug-likeness (QED) is 0.646. The van der Waals surface area contributed by atoms with E-state index in [2.05, 4.69) is 86.9 Å². The summed E-state index contributed by atoms with van der Waals surface area (Å²) in [6, 6.07) is 29.7. The van der Waals surface area contributed by atoms with Gasteiger partial charge in [0, 0.05) is 0 Å². The molecule has 3 aromatic rings. The third-order valence-electron chi connectivity index (χ3n) is 4.31. The van der Waals surface area contributed by atoms with Crippen molar-refractivity contribution in [2.24, 2.45) is 0 Å². The van der Waals surface area contributed by atoms with Gasteiger partial charge in [-0.1, -0.05) is 84.9 Å². The number of hydrogen-bond acceptors (Lipinski definition) is 1. The van der Waals surface area contributed by atoms with Gasteiger partial charge in [0.05, 0.1) is 20.7 Å². The Morgan fingerprint density at radius 1 is 0.692 bits per heavy atom. The zero-order valence-electron chi connectivity index (χ0n) is 15.4. The molecular weight excluding hydrogens is 342 g/mol. The number of quaternary nitrogens is 1. The Kier molecular flexibility index (Phi) is 7.86. The predicted octanol–water partition coefficient (Wildman–Crippen LogP) is 0.608. The van der Waals surface area contributed by atoms with Crippen LogP contribution in [0.4, 0.5) is 0 Å². The van der Waals surface area contributed by atoms with Crippen LogP contribution < -0.4 is 17.3 Å². The highest BCUT2D eigenvalue weighted by Gasteiger charge is 2.15. The molecule has 0 aromatic heterocycles. The van der Waals surface area contributed by atoms with Crippen molar-refractivity contribution in [1.29, 1.82) is 0 Å². The Balaban J connectivity index is 0.00000243. The molecule has 3 heteroatoms. The largest absolute Gasteiger partial charge is 1.00 e. The Hall–Kier alpha value is -2.13. The second-order valence-electron chi connectivity index (χ2n) is 6.61. The normalized spacial score (nSPS) is 11.8. The van der Waals surface area contributed by atoms with Gasteiger partial charge in [0.25, 0.3) is 0 Å². The van der Waals surface area contributed by atoms with Crippen molar-refractivity contribution in [3.05, 3.63) is 96.1 Å². The van der Waals surface area contributed by atoms with Crippen LogP contribution in [0.2, 0.25) is 0 Å². The third kappa shape index (κ3) is 5.43. The molecule has 0 spiro atoms. The van der Waals surface area contributed by atoms with Gasteiger partial charge in [-0.2, -0.15) is 0 Å². The van der Waals surface area contributed by atoms with Gasteiger partial charge in [0.2, 0.25) is 0 Å². The number of rotatable bonds is 7. The van der Waals surface area contributed by atoms with Gasteiger partial charge in [0.1, 0.15) is 12.6 Å². The van der Waals surface area contributed by atoms with E-state index >= 15 is 0 Å². The minimum atomic E-state index is -0.0228. The van der Waals surface area contributed by atoms with E-state index in [1.807, 2.05) is 12.1 Å². The van der Waals surface area contributed by atoms with Crippen molar-refractivity contribution in [2.45, 2.75) is 6.10 Å². The molecule has 0 saturated carbocycles. The van der Waals surface area contributed by atoms with Crippen LogP contribution in [0.5, 0.6) is 0 Å². The minimum Gasteiger partial charge on any atom is -1.00 e. The molecule has 0 aliphatic carbocycles. The summed E-state index contributed by atoms with van der Waals surface area (Å²) in [7, 11) is 4.30. The number of hydrogen-bond donors (Lipinski definition) is 1. The maximum atomic E-state index is 6.25. The van der Waals surface area contributed by atoms with E-state index in [1.165, 1.54) is 27.2 Å². The Bertz CT molecular complexity index is 757. The molecule has 3 aromatic carbocycles. The molecule has 2 nitrogen and oxygen atoms in total. The van der Waals surface area contributed by atoms with Crippen LogP contribution in [0.25, 0.3) is 11.1 Å². The standard InChI is InChI=1S/C23H25NO.ClH/c1-24(2)17-18-25-23(21-11-7-4-8-12-21)22-15-13-20(14-16-22)19-9-5-3-6-10-19;/h3-16,23H,17-18H2,1-2H3;1H. The summed E-state index contributed by atoms with van der Waals surface area (Å²) in [4.78, 5) is 1.39. The van der Waals surface area contributed by atoms with Crippen LogP contribution in [0.3, 0.4) is 0 Å². The fourth-order valence-electron chi connectivity index (χ4n) is 2.87. The summed E-state index contributed by atoms with van der Waals surface area (Å²) in [6.45, 7) is 1.73. The summed E-state index contributed by atoms with van der Waals surface area (Å²) in [5, 5.41) is 0. The molecule has 0 radical (unpaired) electrons. The van der Waals surface area contributed by atoms with Gasteiger partial charge in [-0.05, 0) is 22.3 Å². The maximum absolute atomic E-state index is 6.25. The molecule has 1 N–H and O–H groups in total. The average Bonchev–Trinajstić information content (AvgIpc) is 2.67. The van der Waals surface area contributed by atoms with Gasteiger partial charge in [-0.3, -0.25) is 0 Å². The van der Waals surface area contributed by atoms with Crippen LogP contribution in [0, 0.1) is 0 Å².